The van der Waals surface area contributed by atoms with Crippen LogP contribution in [0.2, 0.25) is 0 Å². The number of benzene rings is 2. The van der Waals surface area contributed by atoms with Crippen LogP contribution in [0, 0.1) is 0 Å². The summed E-state index contributed by atoms with van der Waals surface area (Å²) in [7, 11) is 0. The average Bonchev–Trinajstić information content (AvgIpc) is 2.49. The van der Waals surface area contributed by atoms with E-state index in [1.165, 1.54) is 33.0 Å². The molecule has 0 unspecified atom stereocenters. The van der Waals surface area contributed by atoms with Gasteiger partial charge < -0.3 is 5.11 Å². The summed E-state index contributed by atoms with van der Waals surface area (Å²) in [6.45, 7) is 6.56. The van der Waals surface area contributed by atoms with Crippen molar-refractivity contribution < 1.29 is 5.11 Å². The molecule has 0 radical (unpaired) electrons. The van der Waals surface area contributed by atoms with E-state index in [9.17, 15) is 5.11 Å². The Morgan fingerprint density at radius 1 is 1.05 bits per heavy atom. The van der Waals surface area contributed by atoms with Gasteiger partial charge in [-0.15, -0.1) is 0 Å². The van der Waals surface area contributed by atoms with Crippen LogP contribution in [-0.4, -0.2) is 5.11 Å². The van der Waals surface area contributed by atoms with E-state index in [0.717, 1.165) is 31.2 Å². The topological polar surface area (TPSA) is 20.2 Å². The normalized spacial score (nSPS) is 14.2. The summed E-state index contributed by atoms with van der Waals surface area (Å²) in [6.07, 6.45) is 4.05. The highest BCUT2D eigenvalue weighted by Crippen LogP contribution is 2.44. The quantitative estimate of drug-likeness (QED) is 0.805. The van der Waals surface area contributed by atoms with Crippen LogP contribution in [0.4, 0.5) is 0 Å². The Morgan fingerprint density at radius 3 is 2.50 bits per heavy atom. The van der Waals surface area contributed by atoms with Crippen molar-refractivity contribution in [1.82, 2.24) is 0 Å². The van der Waals surface area contributed by atoms with Crippen molar-refractivity contribution in [3.8, 4) is 5.75 Å². The van der Waals surface area contributed by atoms with Gasteiger partial charge in [-0.05, 0) is 59.2 Å². The number of hydrogen-bond acceptors (Lipinski definition) is 1. The number of hydrogen-bond donors (Lipinski definition) is 1. The van der Waals surface area contributed by atoms with Gasteiger partial charge in [0.2, 0.25) is 0 Å². The van der Waals surface area contributed by atoms with Gasteiger partial charge >= 0.3 is 0 Å². The third-order valence-corrected chi connectivity index (χ3v) is 4.61. The van der Waals surface area contributed by atoms with Crippen molar-refractivity contribution in [3.63, 3.8) is 0 Å². The SMILES string of the molecule is CCC1=C(CC)c2c(O)cc(CC)c3cccc(c23)C1. The lowest BCUT2D eigenvalue weighted by atomic mass is 9.80. The number of aromatic hydroxyl groups is 1. The zero-order chi connectivity index (χ0) is 14.3. The maximum Gasteiger partial charge on any atom is 0.124 e. The third-order valence-electron chi connectivity index (χ3n) is 4.61. The molecule has 1 aliphatic rings. The maximum absolute atomic E-state index is 10.6. The van der Waals surface area contributed by atoms with Gasteiger partial charge in [0.1, 0.15) is 5.75 Å². The van der Waals surface area contributed by atoms with Gasteiger partial charge in [-0.3, -0.25) is 0 Å². The first kappa shape index (κ1) is 13.2. The molecular weight excluding hydrogens is 244 g/mol. The summed E-state index contributed by atoms with van der Waals surface area (Å²) < 4.78 is 0. The van der Waals surface area contributed by atoms with Crippen LogP contribution in [0.15, 0.2) is 29.8 Å². The lowest BCUT2D eigenvalue weighted by Gasteiger charge is -2.25. The van der Waals surface area contributed by atoms with Crippen molar-refractivity contribution in [2.75, 3.05) is 0 Å². The van der Waals surface area contributed by atoms with Crippen molar-refractivity contribution in [2.45, 2.75) is 46.5 Å². The Balaban J connectivity index is 2.46. The molecule has 1 heteroatoms. The fraction of sp³-hybridized carbons (Fsp3) is 0.368. The molecule has 0 fully saturated rings. The van der Waals surface area contributed by atoms with Gasteiger partial charge in [0.05, 0.1) is 0 Å². The predicted octanol–water partition coefficient (Wildman–Crippen LogP) is 5.24. The standard InChI is InChI=1S/C19H22O/c1-4-12-10-14-8-7-9-16-13(5-2)11-17(20)19(18(14)16)15(12)6-3/h7-9,11,20H,4-6,10H2,1-3H3. The van der Waals surface area contributed by atoms with Gasteiger partial charge in [-0.1, -0.05) is 44.5 Å². The fourth-order valence-corrected chi connectivity index (χ4v) is 3.63. The van der Waals surface area contributed by atoms with Crippen molar-refractivity contribution in [1.29, 1.82) is 0 Å². The van der Waals surface area contributed by atoms with Crippen LogP contribution in [0.25, 0.3) is 16.3 Å². The second-order valence-electron chi connectivity index (χ2n) is 5.59. The summed E-state index contributed by atoms with van der Waals surface area (Å²) in [4.78, 5) is 0. The summed E-state index contributed by atoms with van der Waals surface area (Å²) in [5, 5.41) is 13.2. The largest absolute Gasteiger partial charge is 0.507 e. The number of rotatable bonds is 3. The molecule has 0 amide bonds. The number of aryl methyl sites for hydroxylation is 1. The van der Waals surface area contributed by atoms with Crippen molar-refractivity contribution >= 4 is 16.3 Å². The number of phenolic OH excluding ortho intramolecular Hbond substituents is 1. The Labute approximate surface area is 120 Å². The Morgan fingerprint density at radius 2 is 1.85 bits per heavy atom. The van der Waals surface area contributed by atoms with Gasteiger partial charge in [-0.25, -0.2) is 0 Å². The van der Waals surface area contributed by atoms with Gasteiger partial charge in [0.15, 0.2) is 0 Å². The third kappa shape index (κ3) is 1.76. The summed E-state index contributed by atoms with van der Waals surface area (Å²) >= 11 is 0. The highest BCUT2D eigenvalue weighted by atomic mass is 16.3. The molecule has 0 aliphatic heterocycles. The molecule has 0 atom stereocenters. The maximum atomic E-state index is 10.6. The van der Waals surface area contributed by atoms with Gasteiger partial charge in [0.25, 0.3) is 0 Å². The van der Waals surface area contributed by atoms with E-state index in [1.54, 1.807) is 0 Å². The highest BCUT2D eigenvalue weighted by molar-refractivity contribution is 6.02. The lowest BCUT2D eigenvalue weighted by molar-refractivity contribution is 0.473. The fourth-order valence-electron chi connectivity index (χ4n) is 3.63. The first-order chi connectivity index (χ1) is 9.71. The zero-order valence-corrected chi connectivity index (χ0v) is 12.6. The second kappa shape index (κ2) is 4.97. The van der Waals surface area contributed by atoms with Crippen LogP contribution >= 0.6 is 0 Å². The molecule has 0 aromatic heterocycles. The molecule has 1 aliphatic carbocycles. The highest BCUT2D eigenvalue weighted by Gasteiger charge is 2.23. The van der Waals surface area contributed by atoms with E-state index < -0.39 is 0 Å². The molecule has 0 spiro atoms. The lowest BCUT2D eigenvalue weighted by Crippen LogP contribution is -2.05. The Kier molecular flexibility index (Phi) is 3.29. The molecule has 2 aromatic carbocycles. The van der Waals surface area contributed by atoms with E-state index in [1.807, 2.05) is 6.07 Å². The van der Waals surface area contributed by atoms with E-state index in [0.29, 0.717) is 5.75 Å². The van der Waals surface area contributed by atoms with Crippen LogP contribution in [0.5, 0.6) is 5.75 Å². The minimum Gasteiger partial charge on any atom is -0.507 e. The average molecular weight is 266 g/mol. The van der Waals surface area contributed by atoms with Gasteiger partial charge in [-0.2, -0.15) is 0 Å². The second-order valence-corrected chi connectivity index (χ2v) is 5.59. The van der Waals surface area contributed by atoms with E-state index in [4.69, 9.17) is 0 Å². The minimum atomic E-state index is 0.462. The summed E-state index contributed by atoms with van der Waals surface area (Å²) in [5.74, 6) is 0.462. The van der Waals surface area contributed by atoms with E-state index in [-0.39, 0.29) is 0 Å². The molecule has 3 rings (SSSR count). The number of allylic oxidation sites excluding steroid dienone is 2. The summed E-state index contributed by atoms with van der Waals surface area (Å²) in [5.41, 5.74) is 6.55. The van der Waals surface area contributed by atoms with Crippen molar-refractivity contribution in [2.24, 2.45) is 0 Å². The minimum absolute atomic E-state index is 0.462. The van der Waals surface area contributed by atoms with Crippen LogP contribution in [-0.2, 0) is 12.8 Å². The molecule has 2 aromatic rings. The van der Waals surface area contributed by atoms with Crippen LogP contribution < -0.4 is 0 Å². The van der Waals surface area contributed by atoms with Crippen LogP contribution in [0.3, 0.4) is 0 Å². The predicted molar refractivity (Wildman–Crippen MR) is 86.2 cm³/mol. The van der Waals surface area contributed by atoms with Gasteiger partial charge in [0, 0.05) is 5.56 Å². The molecule has 0 heterocycles. The molecule has 104 valence electrons. The molecule has 1 N–H and O–H groups in total. The van der Waals surface area contributed by atoms with Crippen molar-refractivity contribution in [3.05, 3.63) is 46.5 Å². The molecule has 0 saturated heterocycles. The number of phenols is 1. The first-order valence-corrected chi connectivity index (χ1v) is 7.68. The molecule has 0 bridgehead atoms. The molecule has 0 saturated carbocycles. The van der Waals surface area contributed by atoms with E-state index in [2.05, 4.69) is 39.0 Å². The molecular formula is C19H22O. The summed E-state index contributed by atoms with van der Waals surface area (Å²) in [6, 6.07) is 8.54. The Bertz CT molecular complexity index is 707. The smallest absolute Gasteiger partial charge is 0.124 e. The van der Waals surface area contributed by atoms with Crippen LogP contribution in [0.1, 0.15) is 50.3 Å². The first-order valence-electron chi connectivity index (χ1n) is 7.68. The Hall–Kier alpha value is -1.76. The zero-order valence-electron chi connectivity index (χ0n) is 12.6. The monoisotopic (exact) mass is 266 g/mol. The molecule has 1 nitrogen and oxygen atoms in total. The van der Waals surface area contributed by atoms with E-state index >= 15 is 0 Å². The molecule has 20 heavy (non-hydrogen) atoms.